The van der Waals surface area contributed by atoms with E-state index in [9.17, 15) is 4.79 Å². The number of carbonyl (C=O) groups is 1. The Morgan fingerprint density at radius 1 is 1.11 bits per heavy atom. The first-order valence-electron chi connectivity index (χ1n) is 11.5. The van der Waals surface area contributed by atoms with Gasteiger partial charge < -0.3 is 9.47 Å². The van der Waals surface area contributed by atoms with Gasteiger partial charge in [-0.05, 0) is 68.0 Å². The van der Waals surface area contributed by atoms with Gasteiger partial charge in [0.05, 0.1) is 18.3 Å². The maximum absolute atomic E-state index is 13.0. The predicted molar refractivity (Wildman–Crippen MR) is 110 cm³/mol. The lowest BCUT2D eigenvalue weighted by atomic mass is 9.85. The maximum Gasteiger partial charge on any atom is 0.166 e. The molecule has 148 valence electrons. The van der Waals surface area contributed by atoms with Crippen LogP contribution in [-0.2, 0) is 13.0 Å². The highest BCUT2D eigenvalue weighted by atomic mass is 16.5. The van der Waals surface area contributed by atoms with Crippen LogP contribution in [0.15, 0.2) is 42.5 Å². The lowest BCUT2D eigenvalue weighted by Gasteiger charge is -2.32. The average Bonchev–Trinajstić information content (AvgIpc) is 3.03. The Morgan fingerprint density at radius 3 is 2.57 bits per heavy atom. The number of methoxy groups -OCH3 is 2. The highest BCUT2D eigenvalue weighted by Gasteiger charge is 2.34. The minimum atomic E-state index is -2.56. The molecule has 0 spiro atoms. The maximum atomic E-state index is 13.0. The first-order valence-corrected chi connectivity index (χ1v) is 10.0. The van der Waals surface area contributed by atoms with Crippen LogP contribution in [0.1, 0.15) is 44.9 Å². The molecule has 1 saturated heterocycles. The zero-order chi connectivity index (χ0) is 22.0. The van der Waals surface area contributed by atoms with E-state index < -0.39 is 7.04 Å². The number of nitrogens with zero attached hydrogens (tertiary/aromatic N) is 1. The average molecular weight is 383 g/mol. The monoisotopic (exact) mass is 382 g/mol. The van der Waals surface area contributed by atoms with Gasteiger partial charge >= 0.3 is 0 Å². The van der Waals surface area contributed by atoms with E-state index in [0.29, 0.717) is 17.9 Å². The van der Waals surface area contributed by atoms with Crippen molar-refractivity contribution in [3.8, 4) is 11.5 Å². The Balaban J connectivity index is 1.36. The SMILES string of the molecule is [2H]C([2H])([2H])Oc1cc2c(cc1OC)C(=O)C(CC1CCN(Cc3ccccc3)CC1)C2. The third kappa shape index (κ3) is 3.93. The summed E-state index contributed by atoms with van der Waals surface area (Å²) >= 11 is 0. The molecule has 2 aromatic rings. The molecule has 0 aromatic heterocycles. The number of benzene rings is 2. The van der Waals surface area contributed by atoms with E-state index in [2.05, 4.69) is 29.2 Å². The van der Waals surface area contributed by atoms with Gasteiger partial charge in [0, 0.05) is 18.0 Å². The number of likely N-dealkylation sites (tertiary alicyclic amines) is 1. The molecule has 0 radical (unpaired) electrons. The van der Waals surface area contributed by atoms with E-state index in [4.69, 9.17) is 13.6 Å². The number of rotatable bonds is 6. The van der Waals surface area contributed by atoms with Crippen molar-refractivity contribution in [2.45, 2.75) is 32.2 Å². The number of piperidine rings is 1. The van der Waals surface area contributed by atoms with Crippen molar-refractivity contribution >= 4 is 5.78 Å². The van der Waals surface area contributed by atoms with E-state index in [0.717, 1.165) is 44.5 Å². The molecule has 4 nitrogen and oxygen atoms in total. The molecule has 4 rings (SSSR count). The predicted octanol–water partition coefficient (Wildman–Crippen LogP) is 4.36. The first kappa shape index (κ1) is 15.6. The summed E-state index contributed by atoms with van der Waals surface area (Å²) in [5, 5.41) is 0. The van der Waals surface area contributed by atoms with Crippen LogP contribution in [0.2, 0.25) is 0 Å². The van der Waals surface area contributed by atoms with Gasteiger partial charge in [0.1, 0.15) is 0 Å². The van der Waals surface area contributed by atoms with Crippen LogP contribution in [0.25, 0.3) is 0 Å². The van der Waals surface area contributed by atoms with Crippen molar-refractivity contribution in [1.29, 1.82) is 0 Å². The lowest BCUT2D eigenvalue weighted by molar-refractivity contribution is 0.0895. The standard InChI is InChI=1S/C24H29NO3/c1-27-22-14-19-13-20(24(26)21(19)15-23(22)28-2)12-17-8-10-25(11-9-17)16-18-6-4-3-5-7-18/h3-7,14-15,17,20H,8-13,16H2,1-2H3/i1D3. The van der Waals surface area contributed by atoms with Gasteiger partial charge in [0.2, 0.25) is 0 Å². The topological polar surface area (TPSA) is 38.8 Å². The highest BCUT2D eigenvalue weighted by Crippen LogP contribution is 2.39. The van der Waals surface area contributed by atoms with Gasteiger partial charge in [-0.25, -0.2) is 0 Å². The van der Waals surface area contributed by atoms with Crippen LogP contribution in [0.5, 0.6) is 11.5 Å². The fourth-order valence-electron chi connectivity index (χ4n) is 4.63. The molecule has 28 heavy (non-hydrogen) atoms. The fourth-order valence-corrected chi connectivity index (χ4v) is 4.63. The molecule has 2 aromatic carbocycles. The van der Waals surface area contributed by atoms with Gasteiger partial charge in [0.15, 0.2) is 17.3 Å². The number of ketones is 1. The van der Waals surface area contributed by atoms with Gasteiger partial charge in [-0.3, -0.25) is 9.69 Å². The van der Waals surface area contributed by atoms with Gasteiger partial charge in [-0.2, -0.15) is 0 Å². The van der Waals surface area contributed by atoms with Crippen molar-refractivity contribution in [2.75, 3.05) is 27.2 Å². The zero-order valence-corrected chi connectivity index (χ0v) is 16.3. The molecule has 1 unspecified atom stereocenters. The van der Waals surface area contributed by atoms with Gasteiger partial charge in [0.25, 0.3) is 0 Å². The summed E-state index contributed by atoms with van der Waals surface area (Å²) in [5.74, 6) is 1.09. The summed E-state index contributed by atoms with van der Waals surface area (Å²) in [6, 6.07) is 13.8. The Hall–Kier alpha value is -2.33. The molecule has 0 saturated carbocycles. The first-order chi connectivity index (χ1) is 14.8. The van der Waals surface area contributed by atoms with Crippen LogP contribution in [0, 0.1) is 11.8 Å². The number of fused-ring (bicyclic) bond motifs is 1. The van der Waals surface area contributed by atoms with Crippen molar-refractivity contribution in [3.05, 3.63) is 59.2 Å². The summed E-state index contributed by atoms with van der Waals surface area (Å²) < 4.78 is 32.4. The summed E-state index contributed by atoms with van der Waals surface area (Å²) in [7, 11) is -1.11. The number of ether oxygens (including phenoxy) is 2. The van der Waals surface area contributed by atoms with Crippen molar-refractivity contribution in [3.63, 3.8) is 0 Å². The number of hydrogen-bond acceptors (Lipinski definition) is 4. The zero-order valence-electron chi connectivity index (χ0n) is 19.3. The van der Waals surface area contributed by atoms with Crippen LogP contribution >= 0.6 is 0 Å². The van der Waals surface area contributed by atoms with E-state index in [1.54, 1.807) is 12.1 Å². The van der Waals surface area contributed by atoms with E-state index in [1.807, 2.05) is 6.07 Å². The molecular weight excluding hydrogens is 350 g/mol. The Morgan fingerprint density at radius 2 is 1.86 bits per heavy atom. The third-order valence-corrected chi connectivity index (χ3v) is 6.18. The largest absolute Gasteiger partial charge is 0.493 e. The number of hydrogen-bond donors (Lipinski definition) is 0. The molecule has 4 heteroatoms. The van der Waals surface area contributed by atoms with Crippen molar-refractivity contribution < 1.29 is 18.4 Å². The highest BCUT2D eigenvalue weighted by molar-refractivity contribution is 6.02. The quantitative estimate of drug-likeness (QED) is 0.744. The van der Waals surface area contributed by atoms with E-state index in [1.165, 1.54) is 12.7 Å². The minimum absolute atomic E-state index is 0.0478. The minimum Gasteiger partial charge on any atom is -0.493 e. The van der Waals surface area contributed by atoms with Crippen LogP contribution in [0.3, 0.4) is 0 Å². The lowest BCUT2D eigenvalue weighted by Crippen LogP contribution is -2.34. The summed E-state index contributed by atoms with van der Waals surface area (Å²) in [5.41, 5.74) is 2.84. The fraction of sp³-hybridized carbons (Fsp3) is 0.458. The Kier molecular flexibility index (Phi) is 4.65. The molecule has 1 fully saturated rings. The van der Waals surface area contributed by atoms with Gasteiger partial charge in [-0.15, -0.1) is 0 Å². The van der Waals surface area contributed by atoms with Crippen molar-refractivity contribution in [2.24, 2.45) is 11.8 Å². The number of Topliss-reactive ketones (excluding diaryl/α,β-unsaturated/α-hetero) is 1. The molecular formula is C24H29NO3. The smallest absolute Gasteiger partial charge is 0.166 e. The van der Waals surface area contributed by atoms with E-state index >= 15 is 0 Å². The normalized spacial score (nSPS) is 22.2. The molecule has 0 bridgehead atoms. The molecule has 2 aliphatic rings. The summed E-state index contributed by atoms with van der Waals surface area (Å²) in [4.78, 5) is 15.5. The molecule has 1 atom stereocenters. The van der Waals surface area contributed by atoms with Crippen LogP contribution < -0.4 is 9.47 Å². The summed E-state index contributed by atoms with van der Waals surface area (Å²) in [6.07, 6.45) is 3.72. The van der Waals surface area contributed by atoms with Crippen molar-refractivity contribution in [1.82, 2.24) is 4.90 Å². The molecule has 0 N–H and O–H groups in total. The van der Waals surface area contributed by atoms with Crippen LogP contribution in [0.4, 0.5) is 0 Å². The second-order valence-corrected chi connectivity index (χ2v) is 7.97. The van der Waals surface area contributed by atoms with Crippen LogP contribution in [-0.4, -0.2) is 37.9 Å². The second kappa shape index (κ2) is 8.36. The second-order valence-electron chi connectivity index (χ2n) is 7.97. The van der Waals surface area contributed by atoms with E-state index in [-0.39, 0.29) is 23.2 Å². The number of carbonyl (C=O) groups excluding carboxylic acids is 1. The van der Waals surface area contributed by atoms with Gasteiger partial charge in [-0.1, -0.05) is 30.3 Å². The Labute approximate surface area is 171 Å². The summed E-state index contributed by atoms with van der Waals surface area (Å²) in [6.45, 7) is 3.09. The molecule has 1 heterocycles. The molecule has 1 aliphatic carbocycles. The molecule has 1 aliphatic heterocycles. The Bertz CT molecular complexity index is 922. The third-order valence-electron chi connectivity index (χ3n) is 6.18. The molecule has 0 amide bonds.